The van der Waals surface area contributed by atoms with Gasteiger partial charge in [0, 0.05) is 29.1 Å². The maximum atomic E-state index is 12.7. The van der Waals surface area contributed by atoms with Gasteiger partial charge in [0.05, 0.1) is 28.3 Å². The van der Waals surface area contributed by atoms with E-state index in [1.165, 1.54) is 12.1 Å². The Balaban J connectivity index is 1.93. The van der Waals surface area contributed by atoms with Crippen molar-refractivity contribution >= 4 is 28.2 Å². The second-order valence-corrected chi connectivity index (χ2v) is 6.68. The SMILES string of the molecule is Cc1cc(NC(=O)C2C[C@@H](C)O[C@H](C)C2)c2cc([N+](=O)[O-])ccc2n1. The first-order chi connectivity index (χ1) is 11.8. The van der Waals surface area contributed by atoms with Crippen LogP contribution in [0.1, 0.15) is 32.4 Å². The third-order valence-corrected chi connectivity index (χ3v) is 4.46. The summed E-state index contributed by atoms with van der Waals surface area (Å²) in [5, 5.41) is 14.6. The minimum Gasteiger partial charge on any atom is -0.376 e. The number of rotatable bonds is 3. The summed E-state index contributed by atoms with van der Waals surface area (Å²) in [5.74, 6) is -0.221. The van der Waals surface area contributed by atoms with Crippen molar-refractivity contribution < 1.29 is 14.5 Å². The number of pyridine rings is 1. The van der Waals surface area contributed by atoms with E-state index in [1.54, 1.807) is 12.1 Å². The molecule has 0 spiro atoms. The Kier molecular flexibility index (Phi) is 4.67. The first-order valence-corrected chi connectivity index (χ1v) is 8.35. The molecule has 0 unspecified atom stereocenters. The van der Waals surface area contributed by atoms with Crippen LogP contribution >= 0.6 is 0 Å². The third-order valence-electron chi connectivity index (χ3n) is 4.46. The number of non-ortho nitro benzene ring substituents is 1. The Morgan fingerprint density at radius 2 is 1.96 bits per heavy atom. The Labute approximate surface area is 145 Å². The highest BCUT2D eigenvalue weighted by atomic mass is 16.6. The zero-order valence-electron chi connectivity index (χ0n) is 14.5. The van der Waals surface area contributed by atoms with E-state index in [9.17, 15) is 14.9 Å². The van der Waals surface area contributed by atoms with Crippen LogP contribution in [0.4, 0.5) is 11.4 Å². The van der Waals surface area contributed by atoms with Gasteiger partial charge in [-0.15, -0.1) is 0 Å². The number of nitro groups is 1. The largest absolute Gasteiger partial charge is 0.376 e. The van der Waals surface area contributed by atoms with Gasteiger partial charge in [-0.1, -0.05) is 0 Å². The molecule has 1 fully saturated rings. The van der Waals surface area contributed by atoms with Crippen molar-refractivity contribution in [2.24, 2.45) is 5.92 Å². The number of benzene rings is 1. The normalized spacial score (nSPS) is 23.4. The lowest BCUT2D eigenvalue weighted by Crippen LogP contribution is -2.36. The predicted molar refractivity (Wildman–Crippen MR) is 94.5 cm³/mol. The van der Waals surface area contributed by atoms with Gasteiger partial charge in [0.25, 0.3) is 5.69 Å². The number of nitrogens with zero attached hydrogens (tertiary/aromatic N) is 2. The van der Waals surface area contributed by atoms with Crippen molar-refractivity contribution in [3.05, 3.63) is 40.1 Å². The van der Waals surface area contributed by atoms with Crippen LogP contribution in [0.5, 0.6) is 0 Å². The topological polar surface area (TPSA) is 94.4 Å². The summed E-state index contributed by atoms with van der Waals surface area (Å²) in [6.07, 6.45) is 1.41. The quantitative estimate of drug-likeness (QED) is 0.679. The molecule has 7 nitrogen and oxygen atoms in total. The van der Waals surface area contributed by atoms with Crippen molar-refractivity contribution in [2.75, 3.05) is 5.32 Å². The van der Waals surface area contributed by atoms with E-state index in [0.29, 0.717) is 29.4 Å². The summed E-state index contributed by atoms with van der Waals surface area (Å²) in [7, 11) is 0. The van der Waals surface area contributed by atoms with Gasteiger partial charge in [0.15, 0.2) is 0 Å². The molecule has 2 atom stereocenters. The molecule has 1 amide bonds. The van der Waals surface area contributed by atoms with Crippen LogP contribution in [0.15, 0.2) is 24.3 Å². The predicted octanol–water partition coefficient (Wildman–Crippen LogP) is 3.59. The van der Waals surface area contributed by atoms with Crippen molar-refractivity contribution in [2.45, 2.75) is 45.8 Å². The molecule has 7 heteroatoms. The summed E-state index contributed by atoms with van der Waals surface area (Å²) in [4.78, 5) is 27.7. The fourth-order valence-corrected chi connectivity index (χ4v) is 3.42. The summed E-state index contributed by atoms with van der Waals surface area (Å²) in [6, 6.07) is 6.22. The monoisotopic (exact) mass is 343 g/mol. The maximum Gasteiger partial charge on any atom is 0.270 e. The van der Waals surface area contributed by atoms with E-state index in [4.69, 9.17) is 4.74 Å². The molecule has 1 aliphatic heterocycles. The van der Waals surface area contributed by atoms with Gasteiger partial charge in [0.1, 0.15) is 0 Å². The van der Waals surface area contributed by atoms with Gasteiger partial charge < -0.3 is 10.1 Å². The van der Waals surface area contributed by atoms with Crippen molar-refractivity contribution in [1.82, 2.24) is 4.98 Å². The minimum atomic E-state index is -0.452. The Hall–Kier alpha value is -2.54. The van der Waals surface area contributed by atoms with E-state index < -0.39 is 4.92 Å². The highest BCUT2D eigenvalue weighted by Gasteiger charge is 2.30. The molecule has 1 aliphatic rings. The molecule has 3 rings (SSSR count). The number of fused-ring (bicyclic) bond motifs is 1. The lowest BCUT2D eigenvalue weighted by Gasteiger charge is -2.31. The van der Waals surface area contributed by atoms with Gasteiger partial charge in [-0.05, 0) is 45.7 Å². The maximum absolute atomic E-state index is 12.7. The number of hydrogen-bond acceptors (Lipinski definition) is 5. The number of carbonyl (C=O) groups excluding carboxylic acids is 1. The number of aryl methyl sites for hydroxylation is 1. The highest BCUT2D eigenvalue weighted by Crippen LogP contribution is 2.30. The summed E-state index contributed by atoms with van der Waals surface area (Å²) >= 11 is 0. The fourth-order valence-electron chi connectivity index (χ4n) is 3.42. The molecule has 1 N–H and O–H groups in total. The Morgan fingerprint density at radius 1 is 1.28 bits per heavy atom. The van der Waals surface area contributed by atoms with Gasteiger partial charge in [-0.25, -0.2) is 0 Å². The molecule has 25 heavy (non-hydrogen) atoms. The molecule has 0 aliphatic carbocycles. The minimum absolute atomic E-state index is 0.0260. The number of amides is 1. The van der Waals surface area contributed by atoms with Gasteiger partial charge in [0.2, 0.25) is 5.91 Å². The van der Waals surface area contributed by atoms with Crippen LogP contribution in [0.2, 0.25) is 0 Å². The van der Waals surface area contributed by atoms with E-state index in [1.807, 2.05) is 20.8 Å². The number of carbonyl (C=O) groups is 1. The van der Waals surface area contributed by atoms with E-state index in [0.717, 1.165) is 5.69 Å². The summed E-state index contributed by atoms with van der Waals surface area (Å²) in [6.45, 7) is 5.76. The zero-order valence-corrected chi connectivity index (χ0v) is 14.5. The molecular formula is C18H21N3O4. The van der Waals surface area contributed by atoms with Crippen molar-refractivity contribution in [1.29, 1.82) is 0 Å². The van der Waals surface area contributed by atoms with Crippen LogP contribution < -0.4 is 5.32 Å². The van der Waals surface area contributed by atoms with Crippen molar-refractivity contribution in [3.63, 3.8) is 0 Å². The molecular weight excluding hydrogens is 322 g/mol. The molecule has 0 bridgehead atoms. The average molecular weight is 343 g/mol. The standard InChI is InChI=1S/C18H21N3O4/c1-10-6-17(15-9-14(21(23)24)4-5-16(15)19-10)20-18(22)13-7-11(2)25-12(3)8-13/h4-6,9,11-13H,7-8H2,1-3H3,(H,19,20,22)/t11-,12-/m1/s1. The Morgan fingerprint density at radius 3 is 2.60 bits per heavy atom. The van der Waals surface area contributed by atoms with Crippen LogP contribution in [0.25, 0.3) is 10.9 Å². The van der Waals surface area contributed by atoms with Gasteiger partial charge in [-0.3, -0.25) is 19.9 Å². The van der Waals surface area contributed by atoms with Gasteiger partial charge in [-0.2, -0.15) is 0 Å². The van der Waals surface area contributed by atoms with E-state index >= 15 is 0 Å². The molecule has 2 heterocycles. The zero-order chi connectivity index (χ0) is 18.1. The molecule has 2 aromatic rings. The number of nitrogens with one attached hydrogen (secondary N) is 1. The van der Waals surface area contributed by atoms with Crippen LogP contribution in [0, 0.1) is 23.0 Å². The fraction of sp³-hybridized carbons (Fsp3) is 0.444. The van der Waals surface area contributed by atoms with Crippen LogP contribution in [0.3, 0.4) is 0 Å². The number of nitro benzene ring substituents is 1. The first-order valence-electron chi connectivity index (χ1n) is 8.35. The lowest BCUT2D eigenvalue weighted by molar-refractivity contribution is -0.384. The van der Waals surface area contributed by atoms with Gasteiger partial charge >= 0.3 is 0 Å². The van der Waals surface area contributed by atoms with Crippen LogP contribution in [-0.2, 0) is 9.53 Å². The molecule has 1 aromatic heterocycles. The van der Waals surface area contributed by atoms with E-state index in [2.05, 4.69) is 10.3 Å². The molecule has 0 radical (unpaired) electrons. The van der Waals surface area contributed by atoms with E-state index in [-0.39, 0.29) is 29.7 Å². The molecule has 1 aromatic carbocycles. The lowest BCUT2D eigenvalue weighted by atomic mass is 9.91. The summed E-state index contributed by atoms with van der Waals surface area (Å²) in [5.41, 5.74) is 1.89. The Bertz CT molecular complexity index is 826. The smallest absolute Gasteiger partial charge is 0.270 e. The summed E-state index contributed by atoms with van der Waals surface area (Å²) < 4.78 is 5.68. The number of aromatic nitrogens is 1. The number of anilines is 1. The van der Waals surface area contributed by atoms with Crippen molar-refractivity contribution in [3.8, 4) is 0 Å². The molecule has 132 valence electrons. The average Bonchev–Trinajstić information content (AvgIpc) is 2.53. The van der Waals surface area contributed by atoms with Crippen LogP contribution in [-0.4, -0.2) is 28.0 Å². The molecule has 1 saturated heterocycles. The second-order valence-electron chi connectivity index (χ2n) is 6.68. The first kappa shape index (κ1) is 17.3. The number of ether oxygens (including phenoxy) is 1. The number of hydrogen-bond donors (Lipinski definition) is 1. The highest BCUT2D eigenvalue weighted by molar-refractivity contribution is 6.02. The second kappa shape index (κ2) is 6.76. The molecule has 0 saturated carbocycles. The third kappa shape index (κ3) is 3.76.